The summed E-state index contributed by atoms with van der Waals surface area (Å²) < 4.78 is 5.43. The molecule has 0 saturated carbocycles. The van der Waals surface area contributed by atoms with Crippen molar-refractivity contribution in [3.8, 4) is 0 Å². The molecule has 2 heteroatoms. The van der Waals surface area contributed by atoms with Gasteiger partial charge in [-0.1, -0.05) is 55.5 Å². The Labute approximate surface area is 110 Å². The van der Waals surface area contributed by atoms with Gasteiger partial charge in [0.05, 0.1) is 5.60 Å². The van der Waals surface area contributed by atoms with Gasteiger partial charge in [-0.15, -0.1) is 0 Å². The molecule has 0 fully saturated rings. The first-order valence-corrected chi connectivity index (χ1v) is 7.48. The van der Waals surface area contributed by atoms with Crippen LogP contribution in [0.5, 0.6) is 0 Å². The Morgan fingerprint density at radius 1 is 1.06 bits per heavy atom. The molecule has 16 heavy (non-hydrogen) atoms. The van der Waals surface area contributed by atoms with Crippen molar-refractivity contribution < 1.29 is 4.74 Å². The van der Waals surface area contributed by atoms with Crippen LogP contribution in [0.2, 0.25) is 0 Å². The zero-order valence-corrected chi connectivity index (χ0v) is 13.3. The second kappa shape index (κ2) is 8.52. The number of hydrogen-bond donors (Lipinski definition) is 0. The maximum absolute atomic E-state index is 5.43. The maximum Gasteiger partial charge on any atom is 0.0622 e. The zero-order chi connectivity index (χ0) is 12.6. The molecule has 0 aliphatic heterocycles. The first kappa shape index (κ1) is 16.4. The summed E-state index contributed by atoms with van der Waals surface area (Å²) in [7, 11) is 1.81. The van der Waals surface area contributed by atoms with Gasteiger partial charge < -0.3 is 4.74 Å². The minimum atomic E-state index is 0.0596. The molecular weight excluding hydrogens is 264 g/mol. The van der Waals surface area contributed by atoms with Crippen molar-refractivity contribution in [2.24, 2.45) is 5.92 Å². The standard InChI is InChI=1S/C14H29BrO/c1-12(8-6-10-13(2)15)9-7-11-14(3,4)16-5/h12-13H,6-11H2,1-5H3. The molecular formula is C14H29BrO. The molecule has 0 rings (SSSR count). The van der Waals surface area contributed by atoms with Gasteiger partial charge >= 0.3 is 0 Å². The van der Waals surface area contributed by atoms with Crippen LogP contribution in [0.3, 0.4) is 0 Å². The average Bonchev–Trinajstić information content (AvgIpc) is 2.17. The lowest BCUT2D eigenvalue weighted by Crippen LogP contribution is -2.22. The lowest BCUT2D eigenvalue weighted by atomic mass is 9.93. The molecule has 0 heterocycles. The molecule has 0 aromatic rings. The average molecular weight is 293 g/mol. The fourth-order valence-corrected chi connectivity index (χ4v) is 2.19. The van der Waals surface area contributed by atoms with Crippen LogP contribution in [0.1, 0.15) is 66.2 Å². The number of ether oxygens (including phenoxy) is 1. The fraction of sp³-hybridized carbons (Fsp3) is 1.00. The molecule has 0 amide bonds. The van der Waals surface area contributed by atoms with E-state index in [0.717, 1.165) is 5.92 Å². The molecule has 2 atom stereocenters. The number of hydrogen-bond acceptors (Lipinski definition) is 1. The van der Waals surface area contributed by atoms with Gasteiger partial charge in [-0.3, -0.25) is 0 Å². The molecule has 0 saturated heterocycles. The molecule has 0 aromatic carbocycles. The van der Waals surface area contributed by atoms with E-state index in [1.807, 2.05) is 0 Å². The van der Waals surface area contributed by atoms with Crippen LogP contribution in [0.15, 0.2) is 0 Å². The van der Waals surface area contributed by atoms with Gasteiger partial charge in [0.2, 0.25) is 0 Å². The van der Waals surface area contributed by atoms with E-state index >= 15 is 0 Å². The Morgan fingerprint density at radius 2 is 1.62 bits per heavy atom. The van der Waals surface area contributed by atoms with E-state index < -0.39 is 0 Å². The van der Waals surface area contributed by atoms with Crippen LogP contribution in [0.4, 0.5) is 0 Å². The Kier molecular flexibility index (Phi) is 8.75. The number of methoxy groups -OCH3 is 1. The van der Waals surface area contributed by atoms with E-state index in [9.17, 15) is 0 Å². The van der Waals surface area contributed by atoms with Crippen molar-refractivity contribution in [2.75, 3.05) is 7.11 Å². The molecule has 2 unspecified atom stereocenters. The first-order valence-electron chi connectivity index (χ1n) is 6.56. The van der Waals surface area contributed by atoms with Crippen molar-refractivity contribution >= 4 is 15.9 Å². The zero-order valence-electron chi connectivity index (χ0n) is 11.7. The van der Waals surface area contributed by atoms with Gasteiger partial charge in [-0.05, 0) is 32.6 Å². The van der Waals surface area contributed by atoms with Gasteiger partial charge in [-0.25, -0.2) is 0 Å². The van der Waals surface area contributed by atoms with Crippen molar-refractivity contribution in [3.63, 3.8) is 0 Å². The van der Waals surface area contributed by atoms with Gasteiger partial charge in [0.1, 0.15) is 0 Å². The van der Waals surface area contributed by atoms with Gasteiger partial charge in [0, 0.05) is 11.9 Å². The van der Waals surface area contributed by atoms with Crippen LogP contribution < -0.4 is 0 Å². The Hall–Kier alpha value is 0.440. The molecule has 98 valence electrons. The quantitative estimate of drug-likeness (QED) is 0.533. The molecule has 0 aromatic heterocycles. The molecule has 0 N–H and O–H groups in total. The third kappa shape index (κ3) is 9.65. The highest BCUT2D eigenvalue weighted by Crippen LogP contribution is 2.22. The summed E-state index contributed by atoms with van der Waals surface area (Å²) in [5, 5.41) is 0. The lowest BCUT2D eigenvalue weighted by Gasteiger charge is -2.23. The maximum atomic E-state index is 5.43. The van der Waals surface area contributed by atoms with E-state index in [1.165, 1.54) is 38.5 Å². The Morgan fingerprint density at radius 3 is 2.12 bits per heavy atom. The Bertz CT molecular complexity index is 166. The first-order chi connectivity index (χ1) is 7.37. The highest BCUT2D eigenvalue weighted by Gasteiger charge is 2.16. The van der Waals surface area contributed by atoms with Gasteiger partial charge in [0.25, 0.3) is 0 Å². The molecule has 0 aliphatic rings. The van der Waals surface area contributed by atoms with Crippen LogP contribution >= 0.6 is 15.9 Å². The van der Waals surface area contributed by atoms with E-state index in [-0.39, 0.29) is 5.60 Å². The van der Waals surface area contributed by atoms with Gasteiger partial charge in [0.15, 0.2) is 0 Å². The predicted octanol–water partition coefficient (Wildman–Crippen LogP) is 5.17. The van der Waals surface area contributed by atoms with Crippen molar-refractivity contribution in [2.45, 2.75) is 76.6 Å². The van der Waals surface area contributed by atoms with E-state index in [1.54, 1.807) is 7.11 Å². The number of alkyl halides is 1. The van der Waals surface area contributed by atoms with Gasteiger partial charge in [-0.2, -0.15) is 0 Å². The monoisotopic (exact) mass is 292 g/mol. The molecule has 1 nitrogen and oxygen atoms in total. The molecule has 0 aliphatic carbocycles. The SMILES string of the molecule is COC(C)(C)CCCC(C)CCCC(C)Br. The predicted molar refractivity (Wildman–Crippen MR) is 76.3 cm³/mol. The van der Waals surface area contributed by atoms with E-state index in [2.05, 4.69) is 43.6 Å². The highest BCUT2D eigenvalue weighted by molar-refractivity contribution is 9.09. The van der Waals surface area contributed by atoms with E-state index in [4.69, 9.17) is 4.74 Å². The summed E-state index contributed by atoms with van der Waals surface area (Å²) in [6.45, 7) is 8.94. The largest absolute Gasteiger partial charge is 0.379 e. The summed E-state index contributed by atoms with van der Waals surface area (Å²) in [4.78, 5) is 0.673. The highest BCUT2D eigenvalue weighted by atomic mass is 79.9. The second-order valence-corrected chi connectivity index (χ2v) is 7.24. The van der Waals surface area contributed by atoms with Crippen molar-refractivity contribution in [1.82, 2.24) is 0 Å². The smallest absolute Gasteiger partial charge is 0.0622 e. The minimum Gasteiger partial charge on any atom is -0.379 e. The normalized spacial score (nSPS) is 16.1. The summed E-state index contributed by atoms with van der Waals surface area (Å²) in [5.74, 6) is 0.860. The van der Waals surface area contributed by atoms with E-state index in [0.29, 0.717) is 4.83 Å². The molecule has 0 bridgehead atoms. The summed E-state index contributed by atoms with van der Waals surface area (Å²) >= 11 is 3.60. The third-order valence-corrected chi connectivity index (χ3v) is 3.79. The van der Waals surface area contributed by atoms with Crippen LogP contribution in [0, 0.1) is 5.92 Å². The number of rotatable bonds is 9. The topological polar surface area (TPSA) is 9.23 Å². The molecule has 0 spiro atoms. The van der Waals surface area contributed by atoms with Crippen LogP contribution in [-0.2, 0) is 4.74 Å². The fourth-order valence-electron chi connectivity index (χ4n) is 1.87. The summed E-state index contributed by atoms with van der Waals surface area (Å²) in [6, 6.07) is 0. The summed E-state index contributed by atoms with van der Waals surface area (Å²) in [6.07, 6.45) is 7.80. The number of halogens is 1. The minimum absolute atomic E-state index is 0.0596. The van der Waals surface area contributed by atoms with Crippen molar-refractivity contribution in [3.05, 3.63) is 0 Å². The van der Waals surface area contributed by atoms with Crippen LogP contribution in [-0.4, -0.2) is 17.5 Å². The lowest BCUT2D eigenvalue weighted by molar-refractivity contribution is 0.0127. The van der Waals surface area contributed by atoms with Crippen LogP contribution in [0.25, 0.3) is 0 Å². The molecule has 0 radical (unpaired) electrons. The van der Waals surface area contributed by atoms with Crippen molar-refractivity contribution in [1.29, 1.82) is 0 Å². The Balaban J connectivity index is 3.47. The second-order valence-electron chi connectivity index (χ2n) is 5.67. The third-order valence-electron chi connectivity index (χ3n) is 3.33. The summed E-state index contributed by atoms with van der Waals surface area (Å²) in [5.41, 5.74) is 0.0596.